The van der Waals surface area contributed by atoms with E-state index in [2.05, 4.69) is 36.0 Å². The monoisotopic (exact) mass is 390 g/mol. The molecule has 3 aromatic rings. The number of benzene rings is 1. The lowest BCUT2D eigenvalue weighted by atomic mass is 9.85. The number of methoxy groups -OCH3 is 1. The zero-order valence-corrected chi connectivity index (χ0v) is 17.3. The Hall–Kier alpha value is -3.15. The van der Waals surface area contributed by atoms with Crippen molar-refractivity contribution >= 4 is 5.91 Å². The number of amides is 1. The Bertz CT molecular complexity index is 1020. The minimum atomic E-state index is -0.245. The summed E-state index contributed by atoms with van der Waals surface area (Å²) in [7, 11) is 1.66. The van der Waals surface area contributed by atoms with E-state index in [1.165, 1.54) is 0 Å². The molecule has 1 N–H and O–H groups in total. The molecule has 150 valence electrons. The highest BCUT2D eigenvalue weighted by atomic mass is 16.5. The van der Waals surface area contributed by atoms with Crippen molar-refractivity contribution in [3.05, 3.63) is 76.9 Å². The van der Waals surface area contributed by atoms with Crippen LogP contribution in [0.4, 0.5) is 0 Å². The standard InChI is InChI=1S/C23H26N4O2/c1-23(2,3)21-18-19(25-26-21)22(28)27(14-12-15-9-7-8-13-24-15)20(18)16-10-5-6-11-17(16)29-4/h5-11,13,20H,12,14H2,1-4H3,(H,25,26). The fraction of sp³-hybridized carbons (Fsp3) is 0.348. The van der Waals surface area contributed by atoms with Gasteiger partial charge in [-0.2, -0.15) is 5.10 Å². The molecule has 1 unspecified atom stereocenters. The molecule has 0 saturated heterocycles. The number of rotatable bonds is 5. The third-order valence-electron chi connectivity index (χ3n) is 5.34. The van der Waals surface area contributed by atoms with Crippen molar-refractivity contribution in [1.29, 1.82) is 0 Å². The van der Waals surface area contributed by atoms with Crippen LogP contribution >= 0.6 is 0 Å². The van der Waals surface area contributed by atoms with Gasteiger partial charge in [0.2, 0.25) is 0 Å². The highest BCUT2D eigenvalue weighted by Crippen LogP contribution is 2.45. The molecule has 0 fully saturated rings. The Morgan fingerprint density at radius 1 is 1.14 bits per heavy atom. The van der Waals surface area contributed by atoms with Gasteiger partial charge in [0.25, 0.3) is 5.91 Å². The van der Waals surface area contributed by atoms with Crippen LogP contribution in [0.25, 0.3) is 0 Å². The van der Waals surface area contributed by atoms with Gasteiger partial charge >= 0.3 is 0 Å². The average Bonchev–Trinajstić information content (AvgIpc) is 3.26. The quantitative estimate of drug-likeness (QED) is 0.717. The molecule has 3 heterocycles. The third kappa shape index (κ3) is 3.39. The Morgan fingerprint density at radius 2 is 1.90 bits per heavy atom. The summed E-state index contributed by atoms with van der Waals surface area (Å²) in [4.78, 5) is 19.6. The maximum Gasteiger partial charge on any atom is 0.273 e. The zero-order chi connectivity index (χ0) is 20.6. The number of para-hydroxylation sites is 1. The highest BCUT2D eigenvalue weighted by Gasteiger charge is 2.44. The van der Waals surface area contributed by atoms with Crippen LogP contribution < -0.4 is 4.74 Å². The summed E-state index contributed by atoms with van der Waals surface area (Å²) < 4.78 is 5.64. The second-order valence-corrected chi connectivity index (χ2v) is 8.32. The first-order valence-corrected chi connectivity index (χ1v) is 9.84. The SMILES string of the molecule is COc1ccccc1C1c2c(C(C)(C)C)n[nH]c2C(=O)N1CCc1ccccn1. The number of carbonyl (C=O) groups excluding carboxylic acids is 1. The highest BCUT2D eigenvalue weighted by molar-refractivity contribution is 5.98. The number of nitrogens with zero attached hydrogens (tertiary/aromatic N) is 3. The number of H-pyrrole nitrogens is 1. The second-order valence-electron chi connectivity index (χ2n) is 8.32. The van der Waals surface area contributed by atoms with Gasteiger partial charge in [-0.05, 0) is 18.2 Å². The molecular weight excluding hydrogens is 364 g/mol. The molecule has 0 spiro atoms. The van der Waals surface area contributed by atoms with Gasteiger partial charge in [0.15, 0.2) is 0 Å². The number of aromatic nitrogens is 3. The molecule has 1 aliphatic heterocycles. The number of hydrogen-bond donors (Lipinski definition) is 1. The molecule has 0 aliphatic carbocycles. The molecule has 29 heavy (non-hydrogen) atoms. The van der Waals surface area contributed by atoms with Crippen molar-refractivity contribution in [2.75, 3.05) is 13.7 Å². The Labute approximate surface area is 170 Å². The van der Waals surface area contributed by atoms with Crippen molar-refractivity contribution in [2.45, 2.75) is 38.6 Å². The molecule has 6 nitrogen and oxygen atoms in total. The number of carbonyl (C=O) groups is 1. The zero-order valence-electron chi connectivity index (χ0n) is 17.3. The van der Waals surface area contributed by atoms with Crippen molar-refractivity contribution < 1.29 is 9.53 Å². The first-order valence-electron chi connectivity index (χ1n) is 9.84. The lowest BCUT2D eigenvalue weighted by Crippen LogP contribution is -2.32. The Balaban J connectivity index is 1.80. The molecule has 0 saturated carbocycles. The summed E-state index contributed by atoms with van der Waals surface area (Å²) in [6, 6.07) is 13.5. The predicted octanol–water partition coefficient (Wildman–Crippen LogP) is 3.90. The minimum absolute atomic E-state index is 0.0326. The normalized spacial score (nSPS) is 16.2. The van der Waals surface area contributed by atoms with Gasteiger partial charge in [-0.1, -0.05) is 45.0 Å². The molecule has 0 bridgehead atoms. The lowest BCUT2D eigenvalue weighted by molar-refractivity contribution is 0.0743. The van der Waals surface area contributed by atoms with Gasteiger partial charge in [0.1, 0.15) is 11.4 Å². The van der Waals surface area contributed by atoms with E-state index in [1.54, 1.807) is 13.3 Å². The molecule has 1 aliphatic rings. The number of ether oxygens (including phenoxy) is 1. The number of aromatic amines is 1. The van der Waals surface area contributed by atoms with Gasteiger partial charge in [-0.25, -0.2) is 0 Å². The molecule has 1 amide bonds. The summed E-state index contributed by atoms with van der Waals surface area (Å²) in [5.41, 5.74) is 4.18. The van der Waals surface area contributed by atoms with E-state index >= 15 is 0 Å². The molecule has 0 radical (unpaired) electrons. The first-order chi connectivity index (χ1) is 13.9. The summed E-state index contributed by atoms with van der Waals surface area (Å²) in [5.74, 6) is 0.733. The van der Waals surface area contributed by atoms with Crippen LogP contribution in [0.1, 0.15) is 59.8 Å². The summed E-state index contributed by atoms with van der Waals surface area (Å²) in [5, 5.41) is 7.53. The van der Waals surface area contributed by atoms with E-state index in [9.17, 15) is 4.79 Å². The van der Waals surface area contributed by atoms with E-state index in [-0.39, 0.29) is 17.4 Å². The second kappa shape index (κ2) is 7.35. The van der Waals surface area contributed by atoms with Gasteiger partial charge < -0.3 is 9.64 Å². The van der Waals surface area contributed by atoms with E-state index in [0.717, 1.165) is 28.3 Å². The van der Waals surface area contributed by atoms with E-state index in [0.29, 0.717) is 18.7 Å². The minimum Gasteiger partial charge on any atom is -0.496 e. The van der Waals surface area contributed by atoms with Gasteiger partial charge in [0.05, 0.1) is 18.8 Å². The number of pyridine rings is 1. The van der Waals surface area contributed by atoms with E-state index < -0.39 is 0 Å². The first kappa shape index (κ1) is 19.2. The molecule has 4 rings (SSSR count). The molecular formula is C23H26N4O2. The van der Waals surface area contributed by atoms with Gasteiger partial charge in [0, 0.05) is 41.4 Å². The van der Waals surface area contributed by atoms with Crippen LogP contribution in [0, 0.1) is 0 Å². The predicted molar refractivity (Wildman–Crippen MR) is 111 cm³/mol. The van der Waals surface area contributed by atoms with Crippen molar-refractivity contribution in [3.63, 3.8) is 0 Å². The Morgan fingerprint density at radius 3 is 2.59 bits per heavy atom. The van der Waals surface area contributed by atoms with Crippen molar-refractivity contribution in [2.24, 2.45) is 0 Å². The Kier molecular flexibility index (Phi) is 4.86. The topological polar surface area (TPSA) is 71.1 Å². The number of nitrogens with one attached hydrogen (secondary N) is 1. The smallest absolute Gasteiger partial charge is 0.273 e. The van der Waals surface area contributed by atoms with Crippen LogP contribution in [0.2, 0.25) is 0 Å². The molecule has 2 aromatic heterocycles. The van der Waals surface area contributed by atoms with Crippen molar-refractivity contribution in [3.8, 4) is 5.75 Å². The average molecular weight is 390 g/mol. The van der Waals surface area contributed by atoms with Gasteiger partial charge in [-0.15, -0.1) is 0 Å². The van der Waals surface area contributed by atoms with E-state index in [4.69, 9.17) is 4.74 Å². The lowest BCUT2D eigenvalue weighted by Gasteiger charge is -2.29. The largest absolute Gasteiger partial charge is 0.496 e. The van der Waals surface area contributed by atoms with Gasteiger partial charge in [-0.3, -0.25) is 14.9 Å². The molecule has 1 aromatic carbocycles. The summed E-state index contributed by atoms with van der Waals surface area (Å²) in [6.45, 7) is 6.90. The number of hydrogen-bond acceptors (Lipinski definition) is 4. The van der Waals surface area contributed by atoms with Crippen LogP contribution in [0.15, 0.2) is 48.7 Å². The van der Waals surface area contributed by atoms with Crippen molar-refractivity contribution in [1.82, 2.24) is 20.1 Å². The maximum absolute atomic E-state index is 13.3. The van der Waals surface area contributed by atoms with Crippen LogP contribution in [0.3, 0.4) is 0 Å². The third-order valence-corrected chi connectivity index (χ3v) is 5.34. The fourth-order valence-electron chi connectivity index (χ4n) is 4.00. The molecule has 6 heteroatoms. The number of fused-ring (bicyclic) bond motifs is 1. The molecule has 1 atom stereocenters. The summed E-state index contributed by atoms with van der Waals surface area (Å²) in [6.07, 6.45) is 2.46. The summed E-state index contributed by atoms with van der Waals surface area (Å²) >= 11 is 0. The van der Waals surface area contributed by atoms with Crippen LogP contribution in [0.5, 0.6) is 5.75 Å². The van der Waals surface area contributed by atoms with E-state index in [1.807, 2.05) is 47.4 Å². The van der Waals surface area contributed by atoms with Crippen LogP contribution in [-0.2, 0) is 11.8 Å². The van der Waals surface area contributed by atoms with Crippen LogP contribution in [-0.4, -0.2) is 39.6 Å². The maximum atomic E-state index is 13.3. The fourth-order valence-corrected chi connectivity index (χ4v) is 4.00.